The number of esters is 5. The Kier molecular flexibility index (Phi) is 35.4. The average molecular weight is 1910 g/mol. The molecule has 0 saturated carbocycles. The molecule has 0 aromatic heterocycles. The number of phenols is 2. The number of amides is 4. The molecule has 3 heterocycles. The van der Waals surface area contributed by atoms with Gasteiger partial charge in [-0.25, -0.2) is 22.8 Å². The first-order valence-corrected chi connectivity index (χ1v) is 41.0. The first-order valence-electron chi connectivity index (χ1n) is 34.5. The molecule has 4 amide bonds. The van der Waals surface area contributed by atoms with Crippen LogP contribution in [0.15, 0.2) is 150 Å². The van der Waals surface area contributed by atoms with E-state index < -0.39 is 111 Å². The van der Waals surface area contributed by atoms with Crippen molar-refractivity contribution in [3.8, 4) is 23.3 Å². The fourth-order valence-electron chi connectivity index (χ4n) is 11.2. The number of nitrogens with one attached hydrogen (secondary N) is 3. The molecule has 3 aliphatic heterocycles. The summed E-state index contributed by atoms with van der Waals surface area (Å²) in [5, 5.41) is 47.4. The van der Waals surface area contributed by atoms with Gasteiger partial charge >= 0.3 is 35.8 Å². The van der Waals surface area contributed by atoms with Crippen molar-refractivity contribution in [3.63, 3.8) is 0 Å². The van der Waals surface area contributed by atoms with Crippen molar-refractivity contribution in [1.29, 1.82) is 5.26 Å². The molecular weight excluding hydrogens is 1830 g/mol. The second-order valence-corrected chi connectivity index (χ2v) is 33.5. The molecule has 2 saturated heterocycles. The molecule has 113 heavy (non-hydrogen) atoms. The van der Waals surface area contributed by atoms with Crippen LogP contribution in [-0.4, -0.2) is 137 Å². The zero-order valence-electron chi connectivity index (χ0n) is 61.8. The number of aromatic hydroxyl groups is 2. The highest BCUT2D eigenvalue weighted by molar-refractivity contribution is 14.1. The van der Waals surface area contributed by atoms with Crippen molar-refractivity contribution < 1.29 is 100 Å². The van der Waals surface area contributed by atoms with Crippen LogP contribution in [0, 0.1) is 38.6 Å². The van der Waals surface area contributed by atoms with Gasteiger partial charge in [0.1, 0.15) is 39.6 Å². The molecule has 9 rings (SSSR count). The number of halogens is 6. The minimum absolute atomic E-state index is 0.00221. The van der Waals surface area contributed by atoms with Gasteiger partial charge in [-0.3, -0.25) is 38.5 Å². The number of carbonyl (C=O) groups is 10. The van der Waals surface area contributed by atoms with Crippen LogP contribution in [0.1, 0.15) is 126 Å². The fourth-order valence-corrected chi connectivity index (χ4v) is 15.8. The molecule has 6 aromatic carbocycles. The number of benzene rings is 6. The van der Waals surface area contributed by atoms with Crippen molar-refractivity contribution in [2.24, 2.45) is 29.4 Å². The molecule has 8 atom stereocenters. The molecule has 602 valence electrons. The number of rotatable bonds is 23. The van der Waals surface area contributed by atoms with Gasteiger partial charge in [0.05, 0.1) is 76.9 Å². The number of aliphatic carboxylic acids is 1. The number of unbranched alkanes of at least 4 members (excludes halogenated alkanes) is 1. The Labute approximate surface area is 706 Å². The van der Waals surface area contributed by atoms with Gasteiger partial charge in [-0.2, -0.15) is 5.26 Å². The Bertz CT molecular complexity index is 4820. The zero-order valence-corrected chi connectivity index (χ0v) is 71.8. The number of sulfone groups is 1. The summed E-state index contributed by atoms with van der Waals surface area (Å²) in [6.45, 7) is 15.6. The number of phenolic OH excluding ortho intramolecular Hbond substituents is 2. The van der Waals surface area contributed by atoms with E-state index in [0.29, 0.717) is 48.5 Å². The molecule has 0 radical (unpaired) electrons. The van der Waals surface area contributed by atoms with Gasteiger partial charge in [0.25, 0.3) is 17.7 Å². The maximum Gasteiger partial charge on any atom is 0.340 e. The number of fused-ring (bicyclic) bond motifs is 1. The summed E-state index contributed by atoms with van der Waals surface area (Å²) in [5.74, 6) is -10.4. The van der Waals surface area contributed by atoms with Crippen LogP contribution in [0.5, 0.6) is 17.2 Å². The van der Waals surface area contributed by atoms with Crippen LogP contribution in [-0.2, 0) is 71.9 Å². The number of nitriles is 1. The van der Waals surface area contributed by atoms with Gasteiger partial charge in [0.15, 0.2) is 23.8 Å². The van der Waals surface area contributed by atoms with E-state index in [1.165, 1.54) is 91.5 Å². The van der Waals surface area contributed by atoms with Crippen molar-refractivity contribution >= 4 is 205 Å². The smallest absolute Gasteiger partial charge is 0.340 e. The standard InChI is InChI=1S/C26H36N2O9.C19H11Cl3INO4S.C17H17BrN2O5.C15H14BrNO3S2/c1-6-7-9-18-23(37-20(30)12-14(2)3)16(5)36-26(34)21(15(4)35-25(18)33)28-24(32)17-10-8-11-19(22(17)31)27-13-29;20-10-1-3-12(4-2-10)29(27,28)13-5-6-15(22)17(9-13)24-19(26)14-7-11(21)8-16(23)18(14)25;1-3-23-16(21)11(8-19)13-10-7-9(18)5-6-12(10)25-15(20)14(13)17(22)24-4-2;1-8(2)12(14(19)20)17-13(18)11(22-15(17)21)7-9-3-5-10(16)6-4-9/h8,10-11,13-16,18,21,23,31H,6-7,9,12H2,1-5H3,(H,27,29)(H,28,32);1-9,25H,(H,24,26);5-7,11,13H,3-4,20H2,1-2H3;3-8,12H,1-2H3,(H,19,20)/b;;;11-7-/t15-,16+,18-,21+,23+;;;/m1.../s1. The van der Waals surface area contributed by atoms with Gasteiger partial charge in [-0.05, 0) is 177 Å². The number of nitrogens with two attached hydrogens (primary N) is 1. The van der Waals surface area contributed by atoms with E-state index in [-0.39, 0.29) is 101 Å². The number of anilines is 2. The minimum Gasteiger partial charge on any atom is -0.506 e. The van der Waals surface area contributed by atoms with Crippen LogP contribution in [0.3, 0.4) is 0 Å². The van der Waals surface area contributed by atoms with Crippen LogP contribution in [0.25, 0.3) is 6.08 Å². The lowest BCUT2D eigenvalue weighted by atomic mass is 9.79. The highest BCUT2D eigenvalue weighted by Gasteiger charge is 2.47. The predicted octanol–water partition coefficient (Wildman–Crippen LogP) is 14.9. The summed E-state index contributed by atoms with van der Waals surface area (Å²) < 4.78 is 60.3. The number of nitrogens with zero attached hydrogens (tertiary/aromatic N) is 2. The van der Waals surface area contributed by atoms with E-state index in [9.17, 15) is 76.9 Å². The normalized spacial score (nSPS) is 18.1. The molecule has 3 aliphatic rings. The number of carbonyl (C=O) groups excluding carboxylic acids is 9. The third-order valence-corrected chi connectivity index (χ3v) is 22.4. The topological polar surface area (TPSA) is 410 Å². The molecule has 2 fully saturated rings. The van der Waals surface area contributed by atoms with E-state index in [0.717, 1.165) is 28.2 Å². The first-order chi connectivity index (χ1) is 53.3. The zero-order chi connectivity index (χ0) is 84.0. The van der Waals surface area contributed by atoms with Crippen LogP contribution in [0.4, 0.5) is 11.4 Å². The largest absolute Gasteiger partial charge is 0.506 e. The van der Waals surface area contributed by atoms with Gasteiger partial charge in [0, 0.05) is 31.0 Å². The lowest BCUT2D eigenvalue weighted by Gasteiger charge is -2.30. The maximum absolute atomic E-state index is 13.2. The second kappa shape index (κ2) is 43.0. The Morgan fingerprint density at radius 1 is 0.796 bits per heavy atom. The molecule has 0 spiro atoms. The monoisotopic (exact) mass is 1910 g/mol. The number of carboxylic acid groups (broad SMARTS) is 1. The van der Waals surface area contributed by atoms with Crippen molar-refractivity contribution in [1.82, 2.24) is 10.2 Å². The predicted molar refractivity (Wildman–Crippen MR) is 441 cm³/mol. The van der Waals surface area contributed by atoms with Crippen LogP contribution in [0.2, 0.25) is 15.1 Å². The molecule has 36 heteroatoms. The van der Waals surface area contributed by atoms with Gasteiger partial charge < -0.3 is 65.4 Å². The number of ether oxygens (including phenoxy) is 6. The molecule has 0 bridgehead atoms. The van der Waals surface area contributed by atoms with E-state index >= 15 is 0 Å². The quantitative estimate of drug-likeness (QED) is 0.00596. The summed E-state index contributed by atoms with van der Waals surface area (Å²) >= 11 is 32.8. The lowest BCUT2D eigenvalue weighted by Crippen LogP contribution is -2.50. The number of hydrogen-bond donors (Lipinski definition) is 7. The summed E-state index contributed by atoms with van der Waals surface area (Å²) in [4.78, 5) is 125. The number of cyclic esters (lactones) is 2. The third kappa shape index (κ3) is 24.8. The Morgan fingerprint density at radius 2 is 1.43 bits per heavy atom. The molecule has 3 unspecified atom stereocenters. The van der Waals surface area contributed by atoms with E-state index in [1.54, 1.807) is 52.0 Å². The minimum atomic E-state index is -3.86. The van der Waals surface area contributed by atoms with Crippen molar-refractivity contribution in [2.45, 2.75) is 134 Å². The van der Waals surface area contributed by atoms with Gasteiger partial charge in [0.2, 0.25) is 22.1 Å². The Balaban J connectivity index is 0.000000239. The highest BCUT2D eigenvalue weighted by atomic mass is 127. The van der Waals surface area contributed by atoms with Crippen LogP contribution < -0.4 is 26.4 Å². The van der Waals surface area contributed by atoms with Gasteiger partial charge in [-0.1, -0.05) is 156 Å². The number of thiocarbonyl (C=S) groups is 1. The number of hydrogen-bond acceptors (Lipinski definition) is 24. The Morgan fingerprint density at radius 3 is 2.04 bits per heavy atom. The van der Waals surface area contributed by atoms with E-state index in [2.05, 4.69) is 47.8 Å². The van der Waals surface area contributed by atoms with E-state index in [4.69, 9.17) is 81.2 Å². The molecule has 0 aliphatic carbocycles. The maximum atomic E-state index is 13.2. The van der Waals surface area contributed by atoms with Crippen molar-refractivity contribution in [2.75, 3.05) is 23.8 Å². The first kappa shape index (κ1) is 93.0. The summed E-state index contributed by atoms with van der Waals surface area (Å²) in [6.07, 6.45) is 0.775. The number of thioether (sulfide) groups is 1. The Hall–Kier alpha value is -8.86. The van der Waals surface area contributed by atoms with E-state index in [1.807, 2.05) is 73.7 Å². The molecule has 27 nitrogen and oxygen atoms in total. The molecule has 6 aromatic rings. The lowest BCUT2D eigenvalue weighted by molar-refractivity contribution is -0.175. The van der Waals surface area contributed by atoms with Crippen LogP contribution >= 0.6 is 113 Å². The second-order valence-electron chi connectivity index (χ2n) is 25.6. The summed E-state index contributed by atoms with van der Waals surface area (Å²) in [6, 6.07) is 28.7. The van der Waals surface area contributed by atoms with Gasteiger partial charge in [-0.15, -0.1) is 0 Å². The highest BCUT2D eigenvalue weighted by Crippen LogP contribution is 2.45. The fraction of sp³-hybridized carbons (Fsp3) is 0.325. The average Bonchev–Trinajstić information content (AvgIpc) is 1.53. The summed E-state index contributed by atoms with van der Waals surface area (Å²) in [7, 11) is -3.86. The third-order valence-electron chi connectivity index (χ3n) is 16.6. The summed E-state index contributed by atoms with van der Waals surface area (Å²) in [5.41, 5.74) is 6.97. The van der Waals surface area contributed by atoms with Crippen molar-refractivity contribution in [3.05, 3.63) is 181 Å². The number of para-hydroxylation sites is 1. The molecular formula is C77H78Br2Cl3IN6O21S3. The molecule has 8 N–H and O–H groups in total. The SMILES string of the molecule is CC(C)C(C(=O)O)N1C(=O)/C(=C/c2ccc(Br)cc2)SC1=S.CCCC[C@H]1C(=O)O[C@H](C)[C@H](NC(=O)c2cccc(NC=O)c2O)C(=O)O[C@@H](C)[C@@H]1OC(=O)CC(C)C.CCOC(=O)C1=C(N)Oc2ccc(Br)cc2C1C(C#N)C(=O)OCC.O=C(Nc1cc(S(=O)(=O)c2ccc(Cl)cc2)ccc1Cl)c1cc(Cl)cc(I)c1O. The number of carboxylic acids is 1.